The van der Waals surface area contributed by atoms with Gasteiger partial charge in [0.1, 0.15) is 0 Å². The number of carbonyl (C=O) groups is 1. The standard InChI is InChI=1S/C11H12O5/c1-6-3-4-7(8(12)11(13)14-2)10-9(6)15-5-16-10/h3-4,8,12H,5H2,1-2H3. The lowest BCUT2D eigenvalue weighted by atomic mass is 10.0. The van der Waals surface area contributed by atoms with E-state index >= 15 is 0 Å². The predicted octanol–water partition coefficient (Wildman–Crippen LogP) is 0.930. The van der Waals surface area contributed by atoms with Crippen LogP contribution in [-0.4, -0.2) is 25.0 Å². The highest BCUT2D eigenvalue weighted by Gasteiger charge is 2.28. The smallest absolute Gasteiger partial charge is 0.339 e. The number of aliphatic hydroxyl groups is 1. The third kappa shape index (κ3) is 1.59. The highest BCUT2D eigenvalue weighted by atomic mass is 16.7. The lowest BCUT2D eigenvalue weighted by Gasteiger charge is -2.11. The molecular weight excluding hydrogens is 212 g/mol. The Morgan fingerprint density at radius 2 is 2.12 bits per heavy atom. The Bertz CT molecular complexity index is 427. The fourth-order valence-electron chi connectivity index (χ4n) is 1.61. The molecule has 1 unspecified atom stereocenters. The number of methoxy groups -OCH3 is 1. The molecule has 0 saturated heterocycles. The maximum atomic E-state index is 11.2. The molecule has 1 aliphatic rings. The van der Waals surface area contributed by atoms with Gasteiger partial charge in [-0.05, 0) is 12.5 Å². The van der Waals surface area contributed by atoms with Crippen molar-refractivity contribution in [2.75, 3.05) is 13.9 Å². The summed E-state index contributed by atoms with van der Waals surface area (Å²) in [6.45, 7) is 1.96. The average Bonchev–Trinajstić information content (AvgIpc) is 2.77. The summed E-state index contributed by atoms with van der Waals surface area (Å²) in [7, 11) is 1.22. The summed E-state index contributed by atoms with van der Waals surface area (Å²) in [4.78, 5) is 11.2. The predicted molar refractivity (Wildman–Crippen MR) is 54.3 cm³/mol. The maximum Gasteiger partial charge on any atom is 0.339 e. The van der Waals surface area contributed by atoms with Gasteiger partial charge in [-0.25, -0.2) is 4.79 Å². The Kier molecular flexibility index (Phi) is 2.70. The third-order valence-corrected chi connectivity index (χ3v) is 2.47. The normalized spacial score (nSPS) is 14.7. The summed E-state index contributed by atoms with van der Waals surface area (Å²) >= 11 is 0. The summed E-state index contributed by atoms with van der Waals surface area (Å²) in [5.74, 6) is 0.264. The van der Waals surface area contributed by atoms with E-state index in [-0.39, 0.29) is 6.79 Å². The number of hydrogen-bond donors (Lipinski definition) is 1. The summed E-state index contributed by atoms with van der Waals surface area (Å²) in [5.41, 5.74) is 1.26. The number of carbonyl (C=O) groups excluding carboxylic acids is 1. The molecule has 1 atom stereocenters. The molecule has 0 saturated carbocycles. The maximum absolute atomic E-state index is 11.2. The van der Waals surface area contributed by atoms with Crippen molar-refractivity contribution >= 4 is 5.97 Å². The highest BCUT2D eigenvalue weighted by molar-refractivity contribution is 5.78. The summed E-state index contributed by atoms with van der Waals surface area (Å²) < 4.78 is 15.0. The minimum atomic E-state index is -1.35. The van der Waals surface area contributed by atoms with Gasteiger partial charge in [-0.1, -0.05) is 12.1 Å². The lowest BCUT2D eigenvalue weighted by Crippen LogP contribution is -2.14. The molecule has 16 heavy (non-hydrogen) atoms. The second-order valence-corrected chi connectivity index (χ2v) is 3.46. The van der Waals surface area contributed by atoms with E-state index in [1.165, 1.54) is 7.11 Å². The van der Waals surface area contributed by atoms with E-state index in [0.29, 0.717) is 17.1 Å². The van der Waals surface area contributed by atoms with Crippen LogP contribution in [0.15, 0.2) is 12.1 Å². The van der Waals surface area contributed by atoms with Crippen LogP contribution in [0.3, 0.4) is 0 Å². The summed E-state index contributed by atoms with van der Waals surface area (Å²) in [6.07, 6.45) is -1.35. The van der Waals surface area contributed by atoms with Gasteiger partial charge in [-0.3, -0.25) is 0 Å². The van der Waals surface area contributed by atoms with Gasteiger partial charge in [0.05, 0.1) is 7.11 Å². The van der Waals surface area contributed by atoms with Crippen molar-refractivity contribution in [1.82, 2.24) is 0 Å². The number of fused-ring (bicyclic) bond motifs is 1. The molecule has 0 spiro atoms. The zero-order valence-electron chi connectivity index (χ0n) is 9.02. The fraction of sp³-hybridized carbons (Fsp3) is 0.364. The van der Waals surface area contributed by atoms with Crippen LogP contribution >= 0.6 is 0 Å². The number of rotatable bonds is 2. The number of aryl methyl sites for hydroxylation is 1. The molecule has 5 nitrogen and oxygen atoms in total. The zero-order valence-corrected chi connectivity index (χ0v) is 9.02. The van der Waals surface area contributed by atoms with Crippen molar-refractivity contribution in [1.29, 1.82) is 0 Å². The van der Waals surface area contributed by atoms with E-state index < -0.39 is 12.1 Å². The van der Waals surface area contributed by atoms with Crippen LogP contribution in [0.1, 0.15) is 17.2 Å². The summed E-state index contributed by atoms with van der Waals surface area (Å²) in [5, 5.41) is 9.73. The van der Waals surface area contributed by atoms with Gasteiger partial charge in [0.15, 0.2) is 17.6 Å². The van der Waals surface area contributed by atoms with Gasteiger partial charge in [0.25, 0.3) is 0 Å². The van der Waals surface area contributed by atoms with E-state index in [0.717, 1.165) is 5.56 Å². The van der Waals surface area contributed by atoms with Crippen LogP contribution in [0, 0.1) is 6.92 Å². The number of benzene rings is 1. The van der Waals surface area contributed by atoms with Crippen molar-refractivity contribution in [2.24, 2.45) is 0 Å². The van der Waals surface area contributed by atoms with Crippen LogP contribution in [-0.2, 0) is 9.53 Å². The summed E-state index contributed by atoms with van der Waals surface area (Å²) in [6, 6.07) is 3.39. The van der Waals surface area contributed by atoms with Gasteiger partial charge in [0.2, 0.25) is 6.79 Å². The van der Waals surface area contributed by atoms with Crippen LogP contribution in [0.5, 0.6) is 11.5 Å². The van der Waals surface area contributed by atoms with E-state index in [2.05, 4.69) is 4.74 Å². The monoisotopic (exact) mass is 224 g/mol. The fourth-order valence-corrected chi connectivity index (χ4v) is 1.61. The first-order chi connectivity index (χ1) is 7.65. The molecular formula is C11H12O5. The van der Waals surface area contributed by atoms with Gasteiger partial charge in [-0.2, -0.15) is 0 Å². The second kappa shape index (κ2) is 4.02. The van der Waals surface area contributed by atoms with E-state index in [9.17, 15) is 9.90 Å². The van der Waals surface area contributed by atoms with Gasteiger partial charge >= 0.3 is 5.97 Å². The third-order valence-electron chi connectivity index (χ3n) is 2.47. The Balaban J connectivity index is 2.43. The number of ether oxygens (including phenoxy) is 3. The second-order valence-electron chi connectivity index (χ2n) is 3.46. The van der Waals surface area contributed by atoms with Crippen molar-refractivity contribution in [3.8, 4) is 11.5 Å². The van der Waals surface area contributed by atoms with Gasteiger partial charge in [0, 0.05) is 5.56 Å². The molecule has 0 aliphatic carbocycles. The van der Waals surface area contributed by atoms with Crippen molar-refractivity contribution in [3.63, 3.8) is 0 Å². The van der Waals surface area contributed by atoms with Crippen molar-refractivity contribution in [3.05, 3.63) is 23.3 Å². The SMILES string of the molecule is COC(=O)C(O)c1ccc(C)c2c1OCO2. The molecule has 1 aromatic rings. The molecule has 2 rings (SSSR count). The number of aliphatic hydroxyl groups excluding tert-OH is 1. The van der Waals surface area contributed by atoms with Crippen LogP contribution in [0.2, 0.25) is 0 Å². The molecule has 1 heterocycles. The first-order valence-corrected chi connectivity index (χ1v) is 4.80. The molecule has 5 heteroatoms. The largest absolute Gasteiger partial charge is 0.467 e. The van der Waals surface area contributed by atoms with E-state index in [4.69, 9.17) is 9.47 Å². The average molecular weight is 224 g/mol. The van der Waals surface area contributed by atoms with Gasteiger partial charge < -0.3 is 19.3 Å². The topological polar surface area (TPSA) is 65.0 Å². The van der Waals surface area contributed by atoms with Crippen LogP contribution < -0.4 is 9.47 Å². The number of hydrogen-bond acceptors (Lipinski definition) is 5. The Hall–Kier alpha value is -1.75. The van der Waals surface area contributed by atoms with Crippen molar-refractivity contribution < 1.29 is 24.1 Å². The zero-order chi connectivity index (χ0) is 11.7. The molecule has 1 N–H and O–H groups in total. The highest BCUT2D eigenvalue weighted by Crippen LogP contribution is 2.41. The quantitative estimate of drug-likeness (QED) is 0.757. The molecule has 0 amide bonds. The van der Waals surface area contributed by atoms with Crippen LogP contribution in [0.25, 0.3) is 0 Å². The lowest BCUT2D eigenvalue weighted by molar-refractivity contribution is -0.150. The minimum absolute atomic E-state index is 0.0983. The molecule has 0 aromatic heterocycles. The Morgan fingerprint density at radius 3 is 2.81 bits per heavy atom. The van der Waals surface area contributed by atoms with Crippen LogP contribution in [0.4, 0.5) is 0 Å². The minimum Gasteiger partial charge on any atom is -0.467 e. The molecule has 0 fully saturated rings. The Morgan fingerprint density at radius 1 is 1.44 bits per heavy atom. The van der Waals surface area contributed by atoms with Crippen molar-refractivity contribution in [2.45, 2.75) is 13.0 Å². The molecule has 1 aromatic carbocycles. The molecule has 1 aliphatic heterocycles. The molecule has 86 valence electrons. The Labute approximate surface area is 92.5 Å². The molecule has 0 radical (unpaired) electrons. The van der Waals surface area contributed by atoms with E-state index in [1.54, 1.807) is 12.1 Å². The number of esters is 1. The van der Waals surface area contributed by atoms with E-state index in [1.807, 2.05) is 6.92 Å². The molecule has 0 bridgehead atoms. The van der Waals surface area contributed by atoms with Gasteiger partial charge in [-0.15, -0.1) is 0 Å². The first kappa shape index (κ1) is 10.8. The first-order valence-electron chi connectivity index (χ1n) is 4.80.